The molecule has 0 aliphatic carbocycles. The van der Waals surface area contributed by atoms with Crippen LogP contribution in [0, 0.1) is 0 Å². The Bertz CT molecular complexity index is 115. The highest BCUT2D eigenvalue weighted by Crippen LogP contribution is 2.00. The van der Waals surface area contributed by atoms with Crippen molar-refractivity contribution in [2.75, 3.05) is 47.8 Å². The number of rotatable bonds is 7. The maximum atomic E-state index is 3.17. The molecule has 0 aromatic rings. The highest BCUT2D eigenvalue weighted by Gasteiger charge is 2.07. The van der Waals surface area contributed by atoms with E-state index >= 15 is 0 Å². The van der Waals surface area contributed by atoms with E-state index in [-0.39, 0.29) is 0 Å². The van der Waals surface area contributed by atoms with Crippen LogP contribution in [-0.4, -0.2) is 63.7 Å². The summed E-state index contributed by atoms with van der Waals surface area (Å²) in [5.74, 6) is 0. The topological polar surface area (TPSA) is 18.5 Å². The molecular weight excluding hydrogens is 162 g/mol. The Labute approximate surface area is 83.1 Å². The average molecular weight is 187 g/mol. The lowest BCUT2D eigenvalue weighted by Gasteiger charge is -2.25. The van der Waals surface area contributed by atoms with E-state index in [0.29, 0.717) is 6.04 Å². The summed E-state index contributed by atoms with van der Waals surface area (Å²) in [5, 5.41) is 3.17. The Morgan fingerprint density at radius 2 is 1.77 bits per heavy atom. The van der Waals surface area contributed by atoms with Gasteiger partial charge in [0.15, 0.2) is 0 Å². The second kappa shape index (κ2) is 7.30. The van der Waals surface area contributed by atoms with Crippen molar-refractivity contribution in [1.82, 2.24) is 15.1 Å². The van der Waals surface area contributed by atoms with Crippen LogP contribution in [-0.2, 0) is 0 Å². The zero-order valence-electron chi connectivity index (χ0n) is 9.80. The Balaban J connectivity index is 3.50. The van der Waals surface area contributed by atoms with Gasteiger partial charge in [-0.25, -0.2) is 0 Å². The van der Waals surface area contributed by atoms with Crippen molar-refractivity contribution < 1.29 is 0 Å². The molecule has 1 unspecified atom stereocenters. The molecular formula is C10H25N3. The van der Waals surface area contributed by atoms with Crippen molar-refractivity contribution in [2.24, 2.45) is 0 Å². The van der Waals surface area contributed by atoms with E-state index in [1.54, 1.807) is 0 Å². The Morgan fingerprint density at radius 3 is 2.23 bits per heavy atom. The average Bonchev–Trinajstić information content (AvgIpc) is 2.10. The quantitative estimate of drug-likeness (QED) is 0.625. The van der Waals surface area contributed by atoms with Crippen molar-refractivity contribution in [1.29, 1.82) is 0 Å². The predicted octanol–water partition coefficient (Wildman–Crippen LogP) is 0.478. The van der Waals surface area contributed by atoms with Crippen molar-refractivity contribution >= 4 is 0 Å². The molecule has 0 fully saturated rings. The summed E-state index contributed by atoms with van der Waals surface area (Å²) in [6, 6.07) is 0.677. The molecule has 0 aliphatic rings. The smallest absolute Gasteiger partial charge is 0.0106 e. The highest BCUT2D eigenvalue weighted by molar-refractivity contribution is 4.65. The fourth-order valence-electron chi connectivity index (χ4n) is 1.17. The predicted molar refractivity (Wildman–Crippen MR) is 59.2 cm³/mol. The second-order valence-electron chi connectivity index (χ2n) is 4.03. The van der Waals surface area contributed by atoms with Gasteiger partial charge in [0.25, 0.3) is 0 Å². The second-order valence-corrected chi connectivity index (χ2v) is 4.03. The molecule has 0 aromatic carbocycles. The molecule has 3 heteroatoms. The summed E-state index contributed by atoms with van der Waals surface area (Å²) in [6.45, 7) is 5.66. The fraction of sp³-hybridized carbons (Fsp3) is 1.00. The zero-order valence-corrected chi connectivity index (χ0v) is 9.80. The van der Waals surface area contributed by atoms with Crippen molar-refractivity contribution in [3.8, 4) is 0 Å². The van der Waals surface area contributed by atoms with Crippen molar-refractivity contribution in [3.63, 3.8) is 0 Å². The molecule has 0 aliphatic heterocycles. The molecule has 1 atom stereocenters. The molecule has 0 saturated heterocycles. The first kappa shape index (κ1) is 12.9. The standard InChI is InChI=1S/C10H25N3/c1-10(6-8-12(3)4)13(5)9-7-11-2/h10-11H,6-9H2,1-5H3. The Morgan fingerprint density at radius 1 is 1.15 bits per heavy atom. The summed E-state index contributed by atoms with van der Waals surface area (Å²) in [7, 11) is 8.44. The van der Waals surface area contributed by atoms with Gasteiger partial charge in [-0.2, -0.15) is 0 Å². The zero-order chi connectivity index (χ0) is 10.3. The Kier molecular flexibility index (Phi) is 7.23. The minimum Gasteiger partial charge on any atom is -0.318 e. The van der Waals surface area contributed by atoms with Gasteiger partial charge in [0.2, 0.25) is 0 Å². The van der Waals surface area contributed by atoms with E-state index in [1.807, 2.05) is 7.05 Å². The minimum atomic E-state index is 0.677. The molecule has 0 spiro atoms. The van der Waals surface area contributed by atoms with E-state index in [4.69, 9.17) is 0 Å². The summed E-state index contributed by atoms with van der Waals surface area (Å²) in [5.41, 5.74) is 0. The van der Waals surface area contributed by atoms with Crippen LogP contribution in [0.15, 0.2) is 0 Å². The molecule has 0 amide bonds. The van der Waals surface area contributed by atoms with E-state index in [1.165, 1.54) is 13.0 Å². The van der Waals surface area contributed by atoms with Gasteiger partial charge in [-0.3, -0.25) is 0 Å². The van der Waals surface area contributed by atoms with Gasteiger partial charge in [0.05, 0.1) is 0 Å². The molecule has 3 nitrogen and oxygen atoms in total. The number of hydrogen-bond donors (Lipinski definition) is 1. The summed E-state index contributed by atoms with van der Waals surface area (Å²) < 4.78 is 0. The lowest BCUT2D eigenvalue weighted by atomic mass is 10.2. The SMILES string of the molecule is CNCCN(C)C(C)CCN(C)C. The number of likely N-dealkylation sites (N-methyl/N-ethyl adjacent to an activating group) is 2. The Hall–Kier alpha value is -0.120. The summed E-state index contributed by atoms with van der Waals surface area (Å²) >= 11 is 0. The van der Waals surface area contributed by atoms with Crippen LogP contribution in [0.3, 0.4) is 0 Å². The minimum absolute atomic E-state index is 0.677. The summed E-state index contributed by atoms with van der Waals surface area (Å²) in [6.07, 6.45) is 1.24. The highest BCUT2D eigenvalue weighted by atomic mass is 15.1. The fourth-order valence-corrected chi connectivity index (χ4v) is 1.17. The van der Waals surface area contributed by atoms with Crippen molar-refractivity contribution in [2.45, 2.75) is 19.4 Å². The molecule has 1 N–H and O–H groups in total. The van der Waals surface area contributed by atoms with Crippen LogP contribution in [0.4, 0.5) is 0 Å². The lowest BCUT2D eigenvalue weighted by molar-refractivity contribution is 0.229. The molecule has 0 bridgehead atoms. The van der Waals surface area contributed by atoms with Gasteiger partial charge in [-0.1, -0.05) is 0 Å². The summed E-state index contributed by atoms with van der Waals surface area (Å²) in [4.78, 5) is 4.64. The van der Waals surface area contributed by atoms with Crippen molar-refractivity contribution in [3.05, 3.63) is 0 Å². The number of nitrogens with one attached hydrogen (secondary N) is 1. The molecule has 0 heterocycles. The largest absolute Gasteiger partial charge is 0.318 e. The van der Waals surface area contributed by atoms with Crippen LogP contribution >= 0.6 is 0 Å². The maximum absolute atomic E-state index is 3.17. The van der Waals surface area contributed by atoms with Gasteiger partial charge < -0.3 is 15.1 Å². The van der Waals surface area contributed by atoms with Crippen LogP contribution in [0.2, 0.25) is 0 Å². The van der Waals surface area contributed by atoms with Gasteiger partial charge >= 0.3 is 0 Å². The first-order chi connectivity index (χ1) is 6.07. The molecule has 13 heavy (non-hydrogen) atoms. The van der Waals surface area contributed by atoms with Crippen LogP contribution in [0.25, 0.3) is 0 Å². The first-order valence-electron chi connectivity index (χ1n) is 5.07. The van der Waals surface area contributed by atoms with E-state index in [9.17, 15) is 0 Å². The number of nitrogens with zero attached hydrogens (tertiary/aromatic N) is 2. The molecule has 0 radical (unpaired) electrons. The van der Waals surface area contributed by atoms with Crippen LogP contribution in [0.1, 0.15) is 13.3 Å². The van der Waals surface area contributed by atoms with Crippen LogP contribution < -0.4 is 5.32 Å². The van der Waals surface area contributed by atoms with Gasteiger partial charge in [-0.05, 0) is 48.1 Å². The monoisotopic (exact) mass is 187 g/mol. The third-order valence-corrected chi connectivity index (χ3v) is 2.46. The molecule has 80 valence electrons. The third-order valence-electron chi connectivity index (χ3n) is 2.46. The maximum Gasteiger partial charge on any atom is 0.0106 e. The number of hydrogen-bond acceptors (Lipinski definition) is 3. The molecule has 0 saturated carbocycles. The van der Waals surface area contributed by atoms with E-state index in [0.717, 1.165) is 13.1 Å². The molecule has 0 aromatic heterocycles. The van der Waals surface area contributed by atoms with Gasteiger partial charge in [0.1, 0.15) is 0 Å². The normalized spacial score (nSPS) is 14.1. The van der Waals surface area contributed by atoms with Gasteiger partial charge in [0, 0.05) is 19.1 Å². The lowest BCUT2D eigenvalue weighted by Crippen LogP contribution is -2.36. The van der Waals surface area contributed by atoms with Crippen LogP contribution in [0.5, 0.6) is 0 Å². The van der Waals surface area contributed by atoms with Gasteiger partial charge in [-0.15, -0.1) is 0 Å². The third kappa shape index (κ3) is 6.99. The first-order valence-corrected chi connectivity index (χ1v) is 5.07. The molecule has 0 rings (SSSR count). The van der Waals surface area contributed by atoms with E-state index in [2.05, 4.69) is 43.2 Å². The van der Waals surface area contributed by atoms with E-state index < -0.39 is 0 Å².